The van der Waals surface area contributed by atoms with Crippen molar-refractivity contribution in [1.29, 1.82) is 0 Å². The number of carboxylic acids is 1. The first kappa shape index (κ1) is 110. The maximum atomic E-state index is 14.4. The fourth-order valence-corrected chi connectivity index (χ4v) is 19.4. The van der Waals surface area contributed by atoms with Crippen molar-refractivity contribution in [3.63, 3.8) is 0 Å². The minimum Gasteiger partial charge on any atom is -0.481 e. The van der Waals surface area contributed by atoms with Crippen molar-refractivity contribution in [2.75, 3.05) is 0 Å². The highest BCUT2D eigenvalue weighted by Crippen LogP contribution is 2.42. The van der Waals surface area contributed by atoms with Crippen LogP contribution in [0.25, 0.3) is 0 Å². The van der Waals surface area contributed by atoms with Gasteiger partial charge in [0.25, 0.3) is 11.8 Å². The van der Waals surface area contributed by atoms with Gasteiger partial charge in [-0.05, 0) is 278 Å². The lowest BCUT2D eigenvalue weighted by Gasteiger charge is -2.23. The number of carbonyl (C=O) groups is 6. The van der Waals surface area contributed by atoms with Crippen LogP contribution in [0.15, 0.2) is 92.8 Å². The van der Waals surface area contributed by atoms with Gasteiger partial charge in [0.2, 0.25) is 5.24 Å². The van der Waals surface area contributed by atoms with E-state index in [1.165, 1.54) is 81.0 Å². The summed E-state index contributed by atoms with van der Waals surface area (Å²) in [4.78, 5) is 85.5. The molecule has 9 N–H and O–H groups in total. The number of hydrogen-bond donors (Lipinski definition) is 7. The van der Waals surface area contributed by atoms with Crippen molar-refractivity contribution >= 4 is 111 Å². The Labute approximate surface area is 742 Å². The van der Waals surface area contributed by atoms with E-state index in [-0.39, 0.29) is 82.4 Å². The van der Waals surface area contributed by atoms with Crippen molar-refractivity contribution in [1.82, 2.24) is 19.7 Å². The van der Waals surface area contributed by atoms with Crippen LogP contribution in [0.2, 0.25) is 0 Å². The number of carbonyl (C=O) groups excluding carboxylic acids is 5. The molecule has 4 amide bonds. The number of amides is 4. The molecule has 24 nitrogen and oxygen atoms in total. The first-order valence-corrected chi connectivity index (χ1v) is 47.7. The summed E-state index contributed by atoms with van der Waals surface area (Å²) in [6, 6.07) is 11.7. The Bertz CT molecular complexity index is 5120. The molecule has 0 fully saturated rings. The van der Waals surface area contributed by atoms with Crippen molar-refractivity contribution < 1.29 is 88.9 Å². The van der Waals surface area contributed by atoms with E-state index in [1.54, 1.807) is 96.9 Å². The molecule has 4 aromatic carbocycles. The number of aliphatic hydroxyl groups is 3. The number of nitrogens with one attached hydrogen (secondary N) is 1. The molecule has 7 rings (SSSR count). The standard InChI is InChI=1S/C26H38FN3O5S2.C21H30FN3O3S2.C15H20ClFO.C15H21FO2.C11H19N3O4S2/c1-14(2)18-11-17(27)12-19(15(3)4)21(18)16(5)22(31)29-37(34,30-24(32)35-25(6,7)8)20-13-28-23(36-20)26(9,10)33;1-11(2)15-8-14(22)9-16(12(3)4)18(15)13(5)19(26)25-30(23,28)17-10-24-20(29-17)21(6,7)27;1-8(2)12-6-11(17)7-13(9(3)4)14(12)10(5)15(16)18;1-8(2)12-6-11(16)7-13(9(3)4)14(12)10(5)15(17)18;1-10(2,3)18-9(15)14-20(12,17)7-6-13-8(19-7)11(4,5)16/h11-16,33H,1-10H3,(H,29,30,31,32,34);8-13,27H,1-7H3,(H2,23,25,26,28);6-10H,1-5H3;6-10H,1-5H3,(H,17,18);6,16H,1-5H3,(H2,12,14,15,17). The van der Waals surface area contributed by atoms with E-state index in [4.69, 9.17) is 31.4 Å². The number of nitrogens with zero attached hydrogens (tertiary/aromatic N) is 6. The highest BCUT2D eigenvalue weighted by molar-refractivity contribution is 7.94. The predicted octanol–water partition coefficient (Wildman–Crippen LogP) is 22.3. The molecule has 0 bridgehead atoms. The van der Waals surface area contributed by atoms with Gasteiger partial charge in [-0.1, -0.05) is 118 Å². The van der Waals surface area contributed by atoms with E-state index in [0.717, 1.165) is 78.5 Å². The predicted molar refractivity (Wildman–Crippen MR) is 483 cm³/mol. The Morgan fingerprint density at radius 3 is 0.870 bits per heavy atom. The molecule has 7 aromatic rings. The van der Waals surface area contributed by atoms with E-state index < -0.39 is 122 Å². The molecule has 0 aliphatic heterocycles. The summed E-state index contributed by atoms with van der Waals surface area (Å²) in [6.45, 7) is 57.0. The smallest absolute Gasteiger partial charge is 0.443 e. The molecule has 0 aliphatic carbocycles. The molecule has 0 spiro atoms. The molecule has 686 valence electrons. The number of rotatable bonds is 23. The number of hydrogen-bond acceptors (Lipinski definition) is 20. The third-order valence-corrected chi connectivity index (χ3v) is 28.8. The van der Waals surface area contributed by atoms with Crippen LogP contribution in [0.5, 0.6) is 0 Å². The fraction of sp³-hybridized carbons (Fsp3) is 0.557. The van der Waals surface area contributed by atoms with Crippen LogP contribution in [0.4, 0.5) is 27.2 Å². The average molecular weight is 1860 g/mol. The Morgan fingerprint density at radius 1 is 0.398 bits per heavy atom. The van der Waals surface area contributed by atoms with E-state index in [9.17, 15) is 79.4 Å². The second-order valence-corrected chi connectivity index (χ2v) is 45.7. The Hall–Kier alpha value is -7.35. The molecule has 0 aliphatic rings. The summed E-state index contributed by atoms with van der Waals surface area (Å²) in [5.41, 5.74) is 3.74. The summed E-state index contributed by atoms with van der Waals surface area (Å²) in [5.74, 6) is -5.85. The number of aromatic nitrogens is 3. The number of aliphatic carboxylic acids is 1. The monoisotopic (exact) mass is 1850 g/mol. The number of thiazole rings is 3. The molecule has 123 heavy (non-hydrogen) atoms. The van der Waals surface area contributed by atoms with Crippen LogP contribution in [0.3, 0.4) is 0 Å². The van der Waals surface area contributed by atoms with Crippen LogP contribution in [-0.2, 0) is 75.2 Å². The molecule has 3 heterocycles. The van der Waals surface area contributed by atoms with Gasteiger partial charge in [-0.25, -0.2) is 69.7 Å². The first-order valence-electron chi connectivity index (χ1n) is 40.2. The highest BCUT2D eigenvalue weighted by atomic mass is 35.5. The largest absolute Gasteiger partial charge is 0.481 e. The molecular weight excluding hydrogens is 1730 g/mol. The molecule has 0 radical (unpaired) electrons. The van der Waals surface area contributed by atoms with Gasteiger partial charge in [0, 0.05) is 0 Å². The minimum absolute atomic E-state index is 0.0108. The van der Waals surface area contributed by atoms with Crippen LogP contribution in [0, 0.1) is 23.3 Å². The normalized spacial score (nSPS) is 14.6. The Kier molecular flexibility index (Phi) is 39.2. The SMILES string of the molecule is CC(C)(C)OC(=O)N=S(N)(=O)c1cnc(C(C)(C)O)s1.CC(C)c1cc(F)cc(C(C)C)c1C(C)C(=O)Cl.CC(C)c1cc(F)cc(C(C)C)c1C(C)C(=O)N=S(=O)(NC(=O)OC(C)(C)C)c1cnc(C(C)(C)O)s1.CC(C)c1cc(F)cc(C(C)C)c1C(C)C(=O)N=S(N)(=O)c1cnc(C(C)(C)O)s1.CC(C)c1cc(F)cc(C(C)C)c1C(C)C(=O)O. The van der Waals surface area contributed by atoms with Gasteiger partial charge >= 0.3 is 18.2 Å². The van der Waals surface area contributed by atoms with Gasteiger partial charge in [-0.15, -0.1) is 47.1 Å². The lowest BCUT2D eigenvalue weighted by Crippen LogP contribution is -2.36. The Balaban J connectivity index is 0.000000410. The topological polar surface area (TPSA) is 393 Å². The fourth-order valence-electron chi connectivity index (χ4n) is 12.4. The number of benzene rings is 4. The minimum atomic E-state index is -3.88. The zero-order valence-electron chi connectivity index (χ0n) is 76.7. The quantitative estimate of drug-likeness (QED) is 0.0231. The van der Waals surface area contributed by atoms with Crippen LogP contribution < -0.4 is 15.0 Å². The maximum Gasteiger partial charge on any atom is 0.443 e. The van der Waals surface area contributed by atoms with Crippen molar-refractivity contribution in [3.8, 4) is 0 Å². The van der Waals surface area contributed by atoms with Crippen LogP contribution in [0.1, 0.15) is 374 Å². The maximum absolute atomic E-state index is 14.4. The number of carboxylic acid groups (broad SMARTS) is 1. The van der Waals surface area contributed by atoms with Crippen molar-refractivity contribution in [3.05, 3.63) is 172 Å². The zero-order valence-corrected chi connectivity index (χ0v) is 82.4. The van der Waals surface area contributed by atoms with Gasteiger partial charge in [0.15, 0.2) is 29.7 Å². The van der Waals surface area contributed by atoms with Crippen molar-refractivity contribution in [2.24, 2.45) is 23.4 Å². The van der Waals surface area contributed by atoms with Crippen molar-refractivity contribution in [2.45, 2.75) is 333 Å². The van der Waals surface area contributed by atoms with E-state index in [1.807, 2.05) is 111 Å². The molecule has 3 aromatic heterocycles. The summed E-state index contributed by atoms with van der Waals surface area (Å²) >= 11 is 8.40. The highest BCUT2D eigenvalue weighted by Gasteiger charge is 2.35. The third kappa shape index (κ3) is 31.9. The summed E-state index contributed by atoms with van der Waals surface area (Å²) in [6.07, 6.45) is 1.72. The third-order valence-electron chi connectivity index (χ3n) is 18.5. The Morgan fingerprint density at radius 2 is 0.634 bits per heavy atom. The van der Waals surface area contributed by atoms with E-state index in [0.29, 0.717) is 32.3 Å². The first-order chi connectivity index (χ1) is 55.7. The molecule has 0 saturated carbocycles. The molecular formula is C88H128ClF4N9O15S6. The van der Waals surface area contributed by atoms with Gasteiger partial charge in [-0.2, -0.15) is 0 Å². The summed E-state index contributed by atoms with van der Waals surface area (Å²) in [5, 5.41) is 51.4. The molecule has 0 saturated heterocycles. The van der Waals surface area contributed by atoms with Gasteiger partial charge in [0.05, 0.1) is 42.3 Å². The number of nitrogens with two attached hydrogens (primary N) is 2. The molecule has 35 heteroatoms. The number of halogens is 5. The van der Waals surface area contributed by atoms with E-state index in [2.05, 4.69) is 32.8 Å². The summed E-state index contributed by atoms with van der Waals surface area (Å²) < 4.78 is 119. The molecule has 7 atom stereocenters. The number of ether oxygens (including phenoxy) is 2. The van der Waals surface area contributed by atoms with Crippen LogP contribution >= 0.6 is 45.6 Å². The van der Waals surface area contributed by atoms with Crippen LogP contribution in [-0.4, -0.2) is 94.4 Å². The molecule has 7 unspecified atom stereocenters. The van der Waals surface area contributed by atoms with Gasteiger partial charge in [-0.3, -0.25) is 19.2 Å². The lowest BCUT2D eigenvalue weighted by molar-refractivity contribution is -0.138. The lowest BCUT2D eigenvalue weighted by atomic mass is 9.82. The average Bonchev–Trinajstić information content (AvgIpc) is 1.63. The van der Waals surface area contributed by atoms with Gasteiger partial charge in [0.1, 0.15) is 78.9 Å². The van der Waals surface area contributed by atoms with E-state index >= 15 is 0 Å². The summed E-state index contributed by atoms with van der Waals surface area (Å²) in [7, 11) is -10.8. The van der Waals surface area contributed by atoms with Gasteiger partial charge < -0.3 is 29.9 Å². The zero-order chi connectivity index (χ0) is 95.4. The second-order valence-electron chi connectivity index (χ2n) is 36.1. The second kappa shape index (κ2) is 43.9.